The molecule has 0 aliphatic carbocycles. The van der Waals surface area contributed by atoms with E-state index in [1.54, 1.807) is 54.6 Å². The lowest BCUT2D eigenvalue weighted by Gasteiger charge is -2.24. The van der Waals surface area contributed by atoms with E-state index in [4.69, 9.17) is 10.00 Å². The minimum atomic E-state index is -3.81. The molecule has 154 valence electrons. The van der Waals surface area contributed by atoms with Gasteiger partial charge >= 0.3 is 0 Å². The van der Waals surface area contributed by atoms with E-state index in [0.717, 1.165) is 5.56 Å². The van der Waals surface area contributed by atoms with E-state index < -0.39 is 10.0 Å². The molecule has 0 amide bonds. The van der Waals surface area contributed by atoms with E-state index in [-0.39, 0.29) is 18.0 Å². The first-order valence-electron chi connectivity index (χ1n) is 9.45. The van der Waals surface area contributed by atoms with Gasteiger partial charge in [-0.15, -0.1) is 0 Å². The SMILES string of the molecule is N#Cc1ccc(CCOc2cccc(N(CCO)S(=O)(=O)c3ccccc3)c2)cc1. The zero-order chi connectivity index (χ0) is 21.4. The normalized spacial score (nSPS) is 10.9. The van der Waals surface area contributed by atoms with Gasteiger partial charge in [-0.1, -0.05) is 36.4 Å². The highest BCUT2D eigenvalue weighted by Crippen LogP contribution is 2.27. The van der Waals surface area contributed by atoms with Gasteiger partial charge < -0.3 is 9.84 Å². The first-order valence-corrected chi connectivity index (χ1v) is 10.9. The molecule has 0 aliphatic rings. The standard InChI is InChI=1S/C23H22N2O4S/c24-18-20-11-9-19(10-12-20)13-16-29-22-6-4-5-21(17-22)25(14-15-26)30(27,28)23-7-2-1-3-8-23/h1-12,17,26H,13-16H2. The van der Waals surface area contributed by atoms with Crippen LogP contribution in [0, 0.1) is 11.3 Å². The Labute approximate surface area is 176 Å². The third-order valence-corrected chi connectivity index (χ3v) is 6.32. The summed E-state index contributed by atoms with van der Waals surface area (Å²) in [6, 6.07) is 24.3. The van der Waals surface area contributed by atoms with Crippen LogP contribution in [0.3, 0.4) is 0 Å². The molecule has 3 aromatic carbocycles. The Kier molecular flexibility index (Phi) is 7.07. The van der Waals surface area contributed by atoms with Gasteiger partial charge in [-0.25, -0.2) is 8.42 Å². The number of nitrogens with zero attached hydrogens (tertiary/aromatic N) is 2. The number of hydrogen-bond donors (Lipinski definition) is 1. The van der Waals surface area contributed by atoms with Gasteiger partial charge in [0.1, 0.15) is 5.75 Å². The summed E-state index contributed by atoms with van der Waals surface area (Å²) in [7, 11) is -3.81. The second-order valence-corrected chi connectivity index (χ2v) is 8.38. The van der Waals surface area contributed by atoms with Gasteiger partial charge in [0.2, 0.25) is 0 Å². The molecule has 3 rings (SSSR count). The van der Waals surface area contributed by atoms with Gasteiger partial charge in [0.05, 0.1) is 42.0 Å². The first kappa shape index (κ1) is 21.4. The number of ether oxygens (including phenoxy) is 1. The summed E-state index contributed by atoms with van der Waals surface area (Å²) >= 11 is 0. The molecule has 0 spiro atoms. The fourth-order valence-corrected chi connectivity index (χ4v) is 4.43. The fraction of sp³-hybridized carbons (Fsp3) is 0.174. The van der Waals surface area contributed by atoms with E-state index in [1.165, 1.54) is 16.4 Å². The predicted molar refractivity (Wildman–Crippen MR) is 115 cm³/mol. The third-order valence-electron chi connectivity index (χ3n) is 4.48. The smallest absolute Gasteiger partial charge is 0.264 e. The topological polar surface area (TPSA) is 90.6 Å². The minimum Gasteiger partial charge on any atom is -0.493 e. The predicted octanol–water partition coefficient (Wildman–Crippen LogP) is 3.37. The Hall–Kier alpha value is -3.34. The number of aliphatic hydroxyl groups is 1. The van der Waals surface area contributed by atoms with Crippen molar-refractivity contribution in [2.45, 2.75) is 11.3 Å². The Balaban J connectivity index is 1.74. The van der Waals surface area contributed by atoms with E-state index in [2.05, 4.69) is 6.07 Å². The number of nitriles is 1. The Morgan fingerprint density at radius 1 is 0.967 bits per heavy atom. The lowest BCUT2D eigenvalue weighted by molar-refractivity contribution is 0.306. The molecule has 0 aromatic heterocycles. The van der Waals surface area contributed by atoms with E-state index in [9.17, 15) is 13.5 Å². The average Bonchev–Trinajstić information content (AvgIpc) is 2.78. The largest absolute Gasteiger partial charge is 0.493 e. The molecule has 0 bridgehead atoms. The zero-order valence-corrected chi connectivity index (χ0v) is 17.1. The molecule has 6 nitrogen and oxygen atoms in total. The van der Waals surface area contributed by atoms with Crippen LogP contribution in [0.15, 0.2) is 83.8 Å². The van der Waals surface area contributed by atoms with Gasteiger partial charge in [-0.05, 0) is 42.0 Å². The number of sulfonamides is 1. The maximum atomic E-state index is 13.0. The molecule has 0 atom stereocenters. The molecular weight excluding hydrogens is 400 g/mol. The molecular formula is C23H22N2O4S. The summed E-state index contributed by atoms with van der Waals surface area (Å²) in [5.74, 6) is 0.535. The Morgan fingerprint density at radius 2 is 1.70 bits per heavy atom. The highest BCUT2D eigenvalue weighted by Gasteiger charge is 2.24. The molecule has 30 heavy (non-hydrogen) atoms. The summed E-state index contributed by atoms with van der Waals surface area (Å²) in [4.78, 5) is 0.158. The average molecular weight is 423 g/mol. The second kappa shape index (κ2) is 9.92. The van der Waals surface area contributed by atoms with Crippen LogP contribution >= 0.6 is 0 Å². The molecule has 3 aromatic rings. The molecule has 0 saturated heterocycles. The molecule has 0 saturated carbocycles. The summed E-state index contributed by atoms with van der Waals surface area (Å²) < 4.78 is 33.1. The van der Waals surface area contributed by atoms with Gasteiger partial charge in [0, 0.05) is 12.5 Å². The summed E-state index contributed by atoms with van der Waals surface area (Å²) in [6.07, 6.45) is 0.651. The van der Waals surface area contributed by atoms with Gasteiger partial charge in [-0.2, -0.15) is 5.26 Å². The van der Waals surface area contributed by atoms with Gasteiger partial charge in [-0.3, -0.25) is 4.31 Å². The summed E-state index contributed by atoms with van der Waals surface area (Å²) in [6.45, 7) is 0.0303. The van der Waals surface area contributed by atoms with Crippen molar-refractivity contribution in [2.75, 3.05) is 24.1 Å². The highest BCUT2D eigenvalue weighted by molar-refractivity contribution is 7.92. The van der Waals surface area contributed by atoms with Crippen LogP contribution in [-0.2, 0) is 16.4 Å². The monoisotopic (exact) mass is 422 g/mol. The van der Waals surface area contributed by atoms with Crippen molar-refractivity contribution >= 4 is 15.7 Å². The lowest BCUT2D eigenvalue weighted by Crippen LogP contribution is -2.33. The van der Waals surface area contributed by atoms with Crippen LogP contribution in [0.5, 0.6) is 5.75 Å². The molecule has 0 heterocycles. The number of anilines is 1. The van der Waals surface area contributed by atoms with Crippen molar-refractivity contribution < 1.29 is 18.3 Å². The number of aliphatic hydroxyl groups excluding tert-OH is 1. The first-order chi connectivity index (χ1) is 14.5. The van der Waals surface area contributed by atoms with Gasteiger partial charge in [0.15, 0.2) is 0 Å². The van der Waals surface area contributed by atoms with Gasteiger partial charge in [0.25, 0.3) is 10.0 Å². The van der Waals surface area contributed by atoms with Crippen molar-refractivity contribution in [2.24, 2.45) is 0 Å². The second-order valence-electron chi connectivity index (χ2n) is 6.52. The van der Waals surface area contributed by atoms with Crippen LogP contribution in [-0.4, -0.2) is 33.3 Å². The zero-order valence-electron chi connectivity index (χ0n) is 16.3. The highest BCUT2D eigenvalue weighted by atomic mass is 32.2. The van der Waals surface area contributed by atoms with Crippen LogP contribution < -0.4 is 9.04 Å². The van der Waals surface area contributed by atoms with Crippen LogP contribution in [0.2, 0.25) is 0 Å². The van der Waals surface area contributed by atoms with Crippen molar-refractivity contribution in [3.63, 3.8) is 0 Å². The van der Waals surface area contributed by atoms with Crippen LogP contribution in [0.25, 0.3) is 0 Å². The molecule has 7 heteroatoms. The van der Waals surface area contributed by atoms with E-state index in [0.29, 0.717) is 30.0 Å². The Bertz CT molecular complexity index is 1110. The quantitative estimate of drug-likeness (QED) is 0.571. The van der Waals surface area contributed by atoms with Crippen LogP contribution in [0.4, 0.5) is 5.69 Å². The molecule has 0 unspecified atom stereocenters. The molecule has 0 aliphatic heterocycles. The van der Waals surface area contributed by atoms with E-state index in [1.807, 2.05) is 12.1 Å². The third kappa shape index (κ3) is 5.17. The number of hydrogen-bond acceptors (Lipinski definition) is 5. The van der Waals surface area contributed by atoms with Crippen LogP contribution in [0.1, 0.15) is 11.1 Å². The van der Waals surface area contributed by atoms with Crippen molar-refractivity contribution in [3.8, 4) is 11.8 Å². The van der Waals surface area contributed by atoms with Crippen molar-refractivity contribution in [1.82, 2.24) is 0 Å². The molecule has 1 N–H and O–H groups in total. The number of benzene rings is 3. The summed E-state index contributed by atoms with van der Waals surface area (Å²) in [5, 5.41) is 18.3. The molecule has 0 fully saturated rings. The Morgan fingerprint density at radius 3 is 2.37 bits per heavy atom. The maximum absolute atomic E-state index is 13.0. The number of rotatable bonds is 9. The lowest BCUT2D eigenvalue weighted by atomic mass is 10.1. The van der Waals surface area contributed by atoms with E-state index >= 15 is 0 Å². The summed E-state index contributed by atoms with van der Waals surface area (Å²) in [5.41, 5.74) is 2.07. The van der Waals surface area contributed by atoms with Crippen molar-refractivity contribution in [1.29, 1.82) is 5.26 Å². The minimum absolute atomic E-state index is 0.0636. The molecule has 0 radical (unpaired) electrons. The fourth-order valence-electron chi connectivity index (χ4n) is 2.96. The van der Waals surface area contributed by atoms with Crippen molar-refractivity contribution in [3.05, 3.63) is 90.0 Å². The maximum Gasteiger partial charge on any atom is 0.264 e.